The molecule has 1 aromatic carbocycles. The van der Waals surface area contributed by atoms with Gasteiger partial charge in [0.15, 0.2) is 0 Å². The lowest BCUT2D eigenvalue weighted by atomic mass is 10.0. The number of hydrogen-bond donors (Lipinski definition) is 1. The van der Waals surface area contributed by atoms with Crippen molar-refractivity contribution in [3.8, 4) is 5.69 Å². The second kappa shape index (κ2) is 7.96. The highest BCUT2D eigenvalue weighted by molar-refractivity contribution is 6.34. The van der Waals surface area contributed by atoms with Crippen molar-refractivity contribution >= 4 is 53.0 Å². The first-order chi connectivity index (χ1) is 13.3. The summed E-state index contributed by atoms with van der Waals surface area (Å²) in [4.78, 5) is 2.44. The molecule has 2 unspecified atom stereocenters. The first-order valence-corrected chi connectivity index (χ1v) is 9.94. The van der Waals surface area contributed by atoms with E-state index in [1.54, 1.807) is 0 Å². The predicted molar refractivity (Wildman–Crippen MR) is 118 cm³/mol. The van der Waals surface area contributed by atoms with Gasteiger partial charge in [-0.2, -0.15) is 10.2 Å². The van der Waals surface area contributed by atoms with Crippen LogP contribution in [0.3, 0.4) is 0 Å². The molecular formula is C19H23Cl3N6O. The van der Waals surface area contributed by atoms with E-state index in [0.29, 0.717) is 18.1 Å². The van der Waals surface area contributed by atoms with E-state index >= 15 is 0 Å². The SMILES string of the molecule is Cl.Cl.Clc1cc2cnn(-c3cnn(C4CC4)c3)c2cc1N1C2CNCC1COC2. The summed E-state index contributed by atoms with van der Waals surface area (Å²) in [5.41, 5.74) is 3.12. The summed E-state index contributed by atoms with van der Waals surface area (Å²) in [7, 11) is 0. The summed E-state index contributed by atoms with van der Waals surface area (Å²) in [5, 5.41) is 14.4. The van der Waals surface area contributed by atoms with E-state index in [1.807, 2.05) is 23.1 Å². The summed E-state index contributed by atoms with van der Waals surface area (Å²) in [6.07, 6.45) is 8.29. The normalized spacial score (nSPS) is 23.6. The third-order valence-corrected chi connectivity index (χ3v) is 6.14. The smallest absolute Gasteiger partial charge is 0.103 e. The molecule has 0 amide bonds. The molecule has 2 aromatic heterocycles. The van der Waals surface area contributed by atoms with Crippen molar-refractivity contribution in [2.75, 3.05) is 31.2 Å². The molecule has 7 nitrogen and oxygen atoms in total. The van der Waals surface area contributed by atoms with Crippen molar-refractivity contribution in [1.82, 2.24) is 24.9 Å². The highest BCUT2D eigenvalue weighted by atomic mass is 35.5. The zero-order valence-electron chi connectivity index (χ0n) is 15.7. The van der Waals surface area contributed by atoms with E-state index < -0.39 is 0 Å². The van der Waals surface area contributed by atoms with Gasteiger partial charge >= 0.3 is 0 Å². The van der Waals surface area contributed by atoms with E-state index in [-0.39, 0.29) is 24.8 Å². The molecule has 3 aromatic rings. The largest absolute Gasteiger partial charge is 0.377 e. The molecule has 29 heavy (non-hydrogen) atoms. The van der Waals surface area contributed by atoms with Gasteiger partial charge in [0.1, 0.15) is 5.69 Å². The third kappa shape index (κ3) is 3.49. The highest BCUT2D eigenvalue weighted by Crippen LogP contribution is 2.37. The van der Waals surface area contributed by atoms with Crippen LogP contribution in [0.25, 0.3) is 16.6 Å². The second-order valence-electron chi connectivity index (χ2n) is 7.74. The number of aromatic nitrogens is 4. The maximum atomic E-state index is 6.70. The second-order valence-corrected chi connectivity index (χ2v) is 8.15. The molecule has 2 saturated heterocycles. The lowest BCUT2D eigenvalue weighted by Gasteiger charge is -2.47. The number of halogens is 3. The minimum Gasteiger partial charge on any atom is -0.377 e. The van der Waals surface area contributed by atoms with Gasteiger partial charge in [-0.05, 0) is 25.0 Å². The summed E-state index contributed by atoms with van der Waals surface area (Å²) >= 11 is 6.70. The molecule has 1 aliphatic carbocycles. The van der Waals surface area contributed by atoms with Gasteiger partial charge in [-0.1, -0.05) is 11.6 Å². The molecule has 2 atom stereocenters. The van der Waals surface area contributed by atoms with Crippen molar-refractivity contribution in [2.45, 2.75) is 31.0 Å². The van der Waals surface area contributed by atoms with Crippen molar-refractivity contribution in [3.63, 3.8) is 0 Å². The molecule has 0 spiro atoms. The molecule has 3 fully saturated rings. The Morgan fingerprint density at radius 2 is 1.76 bits per heavy atom. The molecule has 10 heteroatoms. The van der Waals surface area contributed by atoms with Crippen molar-refractivity contribution in [1.29, 1.82) is 0 Å². The summed E-state index contributed by atoms with van der Waals surface area (Å²) in [6.45, 7) is 3.28. The molecule has 2 aliphatic heterocycles. The maximum absolute atomic E-state index is 6.70. The molecule has 2 bridgehead atoms. The average molecular weight is 458 g/mol. The zero-order chi connectivity index (χ0) is 18.0. The number of piperazine rings is 1. The molecule has 1 saturated carbocycles. The number of rotatable bonds is 3. The van der Waals surface area contributed by atoms with Crippen LogP contribution in [0.2, 0.25) is 5.02 Å². The summed E-state index contributed by atoms with van der Waals surface area (Å²) in [6, 6.07) is 5.38. The van der Waals surface area contributed by atoms with Gasteiger partial charge in [-0.25, -0.2) is 4.68 Å². The Bertz CT molecular complexity index is 995. The number of benzene rings is 1. The van der Waals surface area contributed by atoms with Crippen molar-refractivity contribution in [3.05, 3.63) is 35.7 Å². The van der Waals surface area contributed by atoms with Crippen LogP contribution in [0, 0.1) is 0 Å². The Labute approximate surface area is 186 Å². The zero-order valence-corrected chi connectivity index (χ0v) is 18.1. The van der Waals surface area contributed by atoms with Crippen molar-refractivity contribution < 1.29 is 4.74 Å². The lowest BCUT2D eigenvalue weighted by molar-refractivity contribution is 0.0528. The van der Waals surface area contributed by atoms with Crippen LogP contribution in [-0.2, 0) is 4.74 Å². The fraction of sp³-hybridized carbons (Fsp3) is 0.474. The van der Waals surface area contributed by atoms with E-state index in [1.165, 1.54) is 12.8 Å². The average Bonchev–Trinajstić information content (AvgIpc) is 3.25. The van der Waals surface area contributed by atoms with Crippen LogP contribution >= 0.6 is 36.4 Å². The predicted octanol–water partition coefficient (Wildman–Crippen LogP) is 3.23. The van der Waals surface area contributed by atoms with Crippen LogP contribution in [0.15, 0.2) is 30.7 Å². The Kier molecular flexibility index (Phi) is 5.70. The first kappa shape index (κ1) is 20.8. The minimum atomic E-state index is 0. The number of anilines is 1. The Morgan fingerprint density at radius 3 is 2.48 bits per heavy atom. The third-order valence-electron chi connectivity index (χ3n) is 5.84. The van der Waals surface area contributed by atoms with Crippen LogP contribution in [0.4, 0.5) is 5.69 Å². The number of hydrogen-bond acceptors (Lipinski definition) is 5. The monoisotopic (exact) mass is 456 g/mol. The number of morpholine rings is 1. The van der Waals surface area contributed by atoms with Gasteiger partial charge in [0, 0.05) is 18.5 Å². The number of ether oxygens (including phenoxy) is 1. The quantitative estimate of drug-likeness (QED) is 0.654. The molecule has 4 heterocycles. The van der Waals surface area contributed by atoms with Crippen LogP contribution in [0.1, 0.15) is 18.9 Å². The summed E-state index contributed by atoms with van der Waals surface area (Å²) < 4.78 is 9.79. The van der Waals surface area contributed by atoms with Gasteiger partial charge in [-0.15, -0.1) is 24.8 Å². The Balaban J connectivity index is 0.00000102. The van der Waals surface area contributed by atoms with E-state index in [2.05, 4.69) is 37.4 Å². The van der Waals surface area contributed by atoms with Gasteiger partial charge in [-0.3, -0.25) is 4.68 Å². The number of nitrogens with zero attached hydrogens (tertiary/aromatic N) is 5. The molecular weight excluding hydrogens is 435 g/mol. The van der Waals surface area contributed by atoms with E-state index in [4.69, 9.17) is 16.3 Å². The Morgan fingerprint density at radius 1 is 1.00 bits per heavy atom. The fourth-order valence-electron chi connectivity index (χ4n) is 4.34. The fourth-order valence-corrected chi connectivity index (χ4v) is 4.61. The molecule has 156 valence electrons. The van der Waals surface area contributed by atoms with Crippen LogP contribution in [-0.4, -0.2) is 57.9 Å². The van der Waals surface area contributed by atoms with Gasteiger partial charge < -0.3 is 15.0 Å². The van der Waals surface area contributed by atoms with E-state index in [0.717, 1.165) is 53.6 Å². The Hall–Kier alpha value is -1.51. The highest BCUT2D eigenvalue weighted by Gasteiger charge is 2.36. The van der Waals surface area contributed by atoms with Gasteiger partial charge in [0.2, 0.25) is 0 Å². The first-order valence-electron chi connectivity index (χ1n) is 9.56. The molecule has 0 radical (unpaired) electrons. The lowest BCUT2D eigenvalue weighted by Crippen LogP contribution is -2.64. The van der Waals surface area contributed by atoms with Crippen LogP contribution in [0.5, 0.6) is 0 Å². The summed E-state index contributed by atoms with van der Waals surface area (Å²) in [5.74, 6) is 0. The topological polar surface area (TPSA) is 60.1 Å². The number of fused-ring (bicyclic) bond motifs is 3. The molecule has 1 N–H and O–H groups in total. The van der Waals surface area contributed by atoms with E-state index in [9.17, 15) is 0 Å². The van der Waals surface area contributed by atoms with Gasteiger partial charge in [0.05, 0.1) is 66.2 Å². The standard InChI is InChI=1S/C19H21ClN6O.2ClH/c20-17-3-12-5-23-26(14-8-22-24(9-14)13-1-2-13)18(12)4-19(17)25-15-6-21-7-16(25)11-27-10-15;;/h3-5,8-9,13,15-16,21H,1-2,6-7,10-11H2;2*1H. The van der Waals surface area contributed by atoms with Crippen molar-refractivity contribution in [2.24, 2.45) is 0 Å². The molecule has 6 rings (SSSR count). The van der Waals surface area contributed by atoms with Gasteiger partial charge in [0.25, 0.3) is 0 Å². The maximum Gasteiger partial charge on any atom is 0.103 e. The minimum absolute atomic E-state index is 0. The van der Waals surface area contributed by atoms with Crippen LogP contribution < -0.4 is 10.2 Å². The molecule has 3 aliphatic rings. The number of nitrogens with one attached hydrogen (secondary N) is 1.